The average molecular weight is 306 g/mol. The van der Waals surface area contributed by atoms with Crippen LogP contribution in [-0.2, 0) is 14.3 Å². The maximum Gasteiger partial charge on any atom is 0.328 e. The van der Waals surface area contributed by atoms with Gasteiger partial charge in [-0.25, -0.2) is 4.79 Å². The number of esters is 1. The summed E-state index contributed by atoms with van der Waals surface area (Å²) in [5.74, 6) is -0.896. The lowest BCUT2D eigenvalue weighted by Crippen LogP contribution is -2.39. The van der Waals surface area contributed by atoms with Crippen LogP contribution < -0.4 is 10.6 Å². The molecule has 0 heterocycles. The van der Waals surface area contributed by atoms with Gasteiger partial charge in [-0.1, -0.05) is 17.7 Å². The summed E-state index contributed by atoms with van der Waals surface area (Å²) in [7, 11) is 1.27. The van der Waals surface area contributed by atoms with Crippen LogP contribution >= 0.6 is 0 Å². The number of aryl methyl sites for hydroxylation is 1. The zero-order chi connectivity index (χ0) is 16.5. The van der Waals surface area contributed by atoms with Crippen LogP contribution in [0.25, 0.3) is 0 Å². The normalized spacial score (nSPS) is 11.4. The number of nitrogens with one attached hydrogen (secondary N) is 2. The molecule has 0 aliphatic heterocycles. The Morgan fingerprint density at radius 2 is 1.82 bits per heavy atom. The zero-order valence-corrected chi connectivity index (χ0v) is 13.1. The summed E-state index contributed by atoms with van der Waals surface area (Å²) in [6.07, 6.45) is 0.729. The van der Waals surface area contributed by atoms with E-state index in [0.29, 0.717) is 18.5 Å². The van der Waals surface area contributed by atoms with Gasteiger partial charge in [-0.05, 0) is 32.4 Å². The average Bonchev–Trinajstić information content (AvgIpc) is 2.51. The third kappa shape index (κ3) is 5.95. The Kier molecular flexibility index (Phi) is 7.08. The van der Waals surface area contributed by atoms with Crippen LogP contribution in [0.5, 0.6) is 0 Å². The minimum Gasteiger partial charge on any atom is -0.467 e. The zero-order valence-electron chi connectivity index (χ0n) is 13.1. The molecule has 2 amide bonds. The molecule has 6 nitrogen and oxygen atoms in total. The predicted octanol–water partition coefficient (Wildman–Crippen LogP) is 1.18. The molecule has 1 rings (SSSR count). The van der Waals surface area contributed by atoms with Gasteiger partial charge in [-0.15, -0.1) is 0 Å². The van der Waals surface area contributed by atoms with E-state index in [0.717, 1.165) is 5.56 Å². The summed E-state index contributed by atoms with van der Waals surface area (Å²) in [6, 6.07) is 6.59. The van der Waals surface area contributed by atoms with Gasteiger partial charge in [-0.2, -0.15) is 0 Å². The van der Waals surface area contributed by atoms with E-state index < -0.39 is 12.0 Å². The van der Waals surface area contributed by atoms with Gasteiger partial charge in [0.1, 0.15) is 6.04 Å². The van der Waals surface area contributed by atoms with Crippen molar-refractivity contribution in [2.45, 2.75) is 32.7 Å². The lowest BCUT2D eigenvalue weighted by Gasteiger charge is -2.11. The first kappa shape index (κ1) is 17.7. The van der Waals surface area contributed by atoms with Crippen LogP contribution in [0.15, 0.2) is 24.3 Å². The maximum absolute atomic E-state index is 11.8. The number of amides is 2. The van der Waals surface area contributed by atoms with Crippen LogP contribution in [0.1, 0.15) is 35.7 Å². The van der Waals surface area contributed by atoms with E-state index in [2.05, 4.69) is 15.4 Å². The molecule has 1 unspecified atom stereocenters. The molecule has 0 aliphatic carbocycles. The van der Waals surface area contributed by atoms with E-state index in [4.69, 9.17) is 0 Å². The second kappa shape index (κ2) is 8.81. The highest BCUT2D eigenvalue weighted by Crippen LogP contribution is 2.02. The second-order valence-electron chi connectivity index (χ2n) is 5.04. The molecule has 6 heteroatoms. The van der Waals surface area contributed by atoms with E-state index in [-0.39, 0.29) is 18.2 Å². The summed E-state index contributed by atoms with van der Waals surface area (Å²) in [6.45, 7) is 3.91. The van der Waals surface area contributed by atoms with Gasteiger partial charge in [0.25, 0.3) is 5.91 Å². The van der Waals surface area contributed by atoms with E-state index >= 15 is 0 Å². The molecule has 0 radical (unpaired) electrons. The van der Waals surface area contributed by atoms with Crippen molar-refractivity contribution in [2.75, 3.05) is 13.7 Å². The summed E-state index contributed by atoms with van der Waals surface area (Å²) in [4.78, 5) is 34.6. The van der Waals surface area contributed by atoms with E-state index in [9.17, 15) is 14.4 Å². The van der Waals surface area contributed by atoms with Gasteiger partial charge in [0, 0.05) is 18.5 Å². The Morgan fingerprint density at radius 3 is 2.41 bits per heavy atom. The molecule has 0 bridgehead atoms. The number of benzene rings is 1. The molecule has 0 spiro atoms. The monoisotopic (exact) mass is 306 g/mol. The van der Waals surface area contributed by atoms with Crippen molar-refractivity contribution in [3.8, 4) is 0 Å². The molecule has 0 saturated heterocycles. The fourth-order valence-corrected chi connectivity index (χ4v) is 1.81. The van der Waals surface area contributed by atoms with Gasteiger partial charge in [-0.3, -0.25) is 9.59 Å². The Morgan fingerprint density at radius 1 is 1.18 bits per heavy atom. The molecular formula is C16H22N2O4. The third-order valence-electron chi connectivity index (χ3n) is 3.11. The molecule has 1 aromatic rings. The Labute approximate surface area is 130 Å². The van der Waals surface area contributed by atoms with Gasteiger partial charge in [0.05, 0.1) is 7.11 Å². The topological polar surface area (TPSA) is 84.5 Å². The number of carbonyl (C=O) groups is 3. The molecule has 0 aromatic heterocycles. The van der Waals surface area contributed by atoms with Crippen LogP contribution in [0.4, 0.5) is 0 Å². The Bertz CT molecular complexity index is 525. The molecule has 0 saturated carbocycles. The summed E-state index contributed by atoms with van der Waals surface area (Å²) < 4.78 is 4.52. The van der Waals surface area contributed by atoms with Gasteiger partial charge in [0.15, 0.2) is 0 Å². The van der Waals surface area contributed by atoms with Crippen LogP contribution in [0.2, 0.25) is 0 Å². The Hall–Kier alpha value is -2.37. The first-order valence-electron chi connectivity index (χ1n) is 7.16. The van der Waals surface area contributed by atoms with Crippen LogP contribution in [0.3, 0.4) is 0 Å². The quantitative estimate of drug-likeness (QED) is 0.585. The van der Waals surface area contributed by atoms with Crippen molar-refractivity contribution < 1.29 is 19.1 Å². The van der Waals surface area contributed by atoms with Crippen molar-refractivity contribution in [1.29, 1.82) is 0 Å². The van der Waals surface area contributed by atoms with Gasteiger partial charge < -0.3 is 15.4 Å². The van der Waals surface area contributed by atoms with Gasteiger partial charge >= 0.3 is 5.97 Å². The second-order valence-corrected chi connectivity index (χ2v) is 5.04. The number of carbonyl (C=O) groups excluding carboxylic acids is 3. The number of hydrogen-bond donors (Lipinski definition) is 2. The van der Waals surface area contributed by atoms with Crippen molar-refractivity contribution >= 4 is 17.8 Å². The minimum absolute atomic E-state index is 0.164. The van der Waals surface area contributed by atoms with Crippen LogP contribution in [0, 0.1) is 6.92 Å². The van der Waals surface area contributed by atoms with E-state index in [1.54, 1.807) is 19.1 Å². The van der Waals surface area contributed by atoms with Crippen molar-refractivity contribution in [3.63, 3.8) is 0 Å². The lowest BCUT2D eigenvalue weighted by atomic mass is 10.1. The minimum atomic E-state index is -0.667. The summed E-state index contributed by atoms with van der Waals surface area (Å²) in [5, 5.41) is 5.28. The van der Waals surface area contributed by atoms with Crippen molar-refractivity contribution in [2.24, 2.45) is 0 Å². The molecule has 0 aliphatic rings. The molecule has 0 fully saturated rings. The highest BCUT2D eigenvalue weighted by Gasteiger charge is 2.15. The predicted molar refractivity (Wildman–Crippen MR) is 82.4 cm³/mol. The fraction of sp³-hybridized carbons (Fsp3) is 0.438. The van der Waals surface area contributed by atoms with E-state index in [1.165, 1.54) is 7.11 Å². The number of methoxy groups -OCH3 is 1. The molecule has 1 atom stereocenters. The third-order valence-corrected chi connectivity index (χ3v) is 3.11. The molecule has 22 heavy (non-hydrogen) atoms. The van der Waals surface area contributed by atoms with Crippen LogP contribution in [-0.4, -0.2) is 37.5 Å². The smallest absolute Gasteiger partial charge is 0.328 e. The number of rotatable bonds is 7. The molecule has 2 N–H and O–H groups in total. The first-order valence-corrected chi connectivity index (χ1v) is 7.16. The van der Waals surface area contributed by atoms with E-state index in [1.807, 2.05) is 19.1 Å². The number of ether oxygens (including phenoxy) is 1. The summed E-state index contributed by atoms with van der Waals surface area (Å²) >= 11 is 0. The standard InChI is InChI=1S/C16H22N2O4/c1-11-6-8-13(9-7-11)15(20)17-10-4-5-14(19)18-12(2)16(21)22-3/h6-9,12H,4-5,10H2,1-3H3,(H,17,20)(H,18,19). The SMILES string of the molecule is COC(=O)C(C)NC(=O)CCCNC(=O)c1ccc(C)cc1. The maximum atomic E-state index is 11.8. The summed E-state index contributed by atoms with van der Waals surface area (Å²) in [5.41, 5.74) is 1.68. The molecule has 120 valence electrons. The highest BCUT2D eigenvalue weighted by atomic mass is 16.5. The lowest BCUT2D eigenvalue weighted by molar-refractivity contribution is -0.144. The largest absolute Gasteiger partial charge is 0.467 e. The molecule has 1 aromatic carbocycles. The van der Waals surface area contributed by atoms with Gasteiger partial charge in [0.2, 0.25) is 5.91 Å². The Balaban J connectivity index is 2.24. The van der Waals surface area contributed by atoms with Crippen molar-refractivity contribution in [1.82, 2.24) is 10.6 Å². The first-order chi connectivity index (χ1) is 10.4. The van der Waals surface area contributed by atoms with Crippen molar-refractivity contribution in [3.05, 3.63) is 35.4 Å². The fourth-order valence-electron chi connectivity index (χ4n) is 1.81. The molecular weight excluding hydrogens is 284 g/mol. The number of hydrogen-bond acceptors (Lipinski definition) is 4. The highest BCUT2D eigenvalue weighted by molar-refractivity contribution is 5.94.